The SMILES string of the molecule is CCCCCCOc1cc2c(cc1OCCCCCC)C1(CC(C)(C)c3cc(C)c(C)cc31)CC2(C)C. The normalized spacial score (nSPS) is 20.8. The summed E-state index contributed by atoms with van der Waals surface area (Å²) in [5.41, 5.74) is 9.12. The van der Waals surface area contributed by atoms with E-state index in [1.165, 1.54) is 66.3 Å². The third kappa shape index (κ3) is 5.45. The number of ether oxygens (including phenoxy) is 2. The standard InChI is InChI=1S/C35H52O2/c1-9-11-13-15-17-36-31-21-28-30(22-32(31)37-18-16-14-12-10-2)35(24-34(28,7)8)23-33(5,6)27-19-25(3)26(4)20-29(27)35/h19-22H,9-18,23-24H2,1-8H3. The molecule has 1 atom stereocenters. The van der Waals surface area contributed by atoms with Crippen LogP contribution >= 0.6 is 0 Å². The zero-order chi connectivity index (χ0) is 26.8. The van der Waals surface area contributed by atoms with Crippen molar-refractivity contribution in [2.45, 2.75) is 136 Å². The molecule has 0 fully saturated rings. The van der Waals surface area contributed by atoms with E-state index in [9.17, 15) is 0 Å². The van der Waals surface area contributed by atoms with Crippen molar-refractivity contribution in [1.29, 1.82) is 0 Å². The summed E-state index contributed by atoms with van der Waals surface area (Å²) in [6.45, 7) is 20.3. The predicted octanol–water partition coefficient (Wildman–Crippen LogP) is 9.87. The summed E-state index contributed by atoms with van der Waals surface area (Å²) in [6, 6.07) is 9.74. The highest BCUT2D eigenvalue weighted by Gasteiger charge is 2.56. The topological polar surface area (TPSA) is 18.5 Å². The minimum atomic E-state index is 0.0378. The lowest BCUT2D eigenvalue weighted by Crippen LogP contribution is -2.27. The molecule has 2 aliphatic rings. The largest absolute Gasteiger partial charge is 0.490 e. The van der Waals surface area contributed by atoms with Crippen LogP contribution in [0.2, 0.25) is 0 Å². The molecule has 0 heterocycles. The second kappa shape index (κ2) is 11.0. The maximum absolute atomic E-state index is 6.52. The van der Waals surface area contributed by atoms with Crippen LogP contribution in [0.5, 0.6) is 11.5 Å². The monoisotopic (exact) mass is 504 g/mol. The van der Waals surface area contributed by atoms with E-state index >= 15 is 0 Å². The number of benzene rings is 2. The first kappa shape index (κ1) is 28.1. The lowest BCUT2D eigenvalue weighted by molar-refractivity contribution is 0.258. The lowest BCUT2D eigenvalue weighted by Gasteiger charge is -2.31. The number of hydrogen-bond acceptors (Lipinski definition) is 2. The first-order valence-corrected chi connectivity index (χ1v) is 15.1. The smallest absolute Gasteiger partial charge is 0.161 e. The van der Waals surface area contributed by atoms with Crippen molar-refractivity contribution in [3.63, 3.8) is 0 Å². The maximum Gasteiger partial charge on any atom is 0.161 e. The number of aryl methyl sites for hydroxylation is 2. The van der Waals surface area contributed by atoms with E-state index in [4.69, 9.17) is 9.47 Å². The summed E-state index contributed by atoms with van der Waals surface area (Å²) < 4.78 is 13.0. The van der Waals surface area contributed by atoms with Crippen LogP contribution < -0.4 is 9.47 Å². The minimum Gasteiger partial charge on any atom is -0.490 e. The molecule has 0 amide bonds. The Balaban J connectivity index is 1.75. The number of unbranched alkanes of at least 4 members (excludes halogenated alkanes) is 6. The molecule has 0 aliphatic heterocycles. The van der Waals surface area contributed by atoms with Gasteiger partial charge in [-0.25, -0.2) is 0 Å². The second-order valence-electron chi connectivity index (χ2n) is 13.3. The molecule has 0 N–H and O–H groups in total. The van der Waals surface area contributed by atoms with Crippen molar-refractivity contribution < 1.29 is 9.47 Å². The van der Waals surface area contributed by atoms with Gasteiger partial charge in [0.25, 0.3) is 0 Å². The molecule has 2 nitrogen and oxygen atoms in total. The molecule has 2 aromatic rings. The highest BCUT2D eigenvalue weighted by atomic mass is 16.5. The number of rotatable bonds is 12. The predicted molar refractivity (Wildman–Crippen MR) is 158 cm³/mol. The molecule has 0 bridgehead atoms. The third-order valence-corrected chi connectivity index (χ3v) is 9.21. The summed E-state index contributed by atoms with van der Waals surface area (Å²) in [6.07, 6.45) is 12.0. The molecule has 0 radical (unpaired) electrons. The molecule has 37 heavy (non-hydrogen) atoms. The molecule has 2 aliphatic carbocycles. The Morgan fingerprint density at radius 2 is 0.973 bits per heavy atom. The van der Waals surface area contributed by atoms with Gasteiger partial charge in [0, 0.05) is 5.41 Å². The van der Waals surface area contributed by atoms with Crippen molar-refractivity contribution in [3.05, 3.63) is 57.6 Å². The highest BCUT2D eigenvalue weighted by molar-refractivity contribution is 5.64. The summed E-state index contributed by atoms with van der Waals surface area (Å²) in [4.78, 5) is 0. The average Bonchev–Trinajstić information content (AvgIpc) is 3.18. The molecule has 2 heteroatoms. The molecular formula is C35H52O2. The van der Waals surface area contributed by atoms with Crippen LogP contribution in [0.3, 0.4) is 0 Å². The van der Waals surface area contributed by atoms with Crippen molar-refractivity contribution in [2.24, 2.45) is 0 Å². The maximum atomic E-state index is 6.52. The van der Waals surface area contributed by atoms with Gasteiger partial charge in [-0.15, -0.1) is 0 Å². The van der Waals surface area contributed by atoms with Crippen LogP contribution in [0.25, 0.3) is 0 Å². The minimum absolute atomic E-state index is 0.0378. The molecule has 0 saturated heterocycles. The van der Waals surface area contributed by atoms with Crippen LogP contribution in [0.15, 0.2) is 24.3 Å². The fourth-order valence-corrected chi connectivity index (χ4v) is 7.22. The second-order valence-corrected chi connectivity index (χ2v) is 13.3. The number of hydrogen-bond donors (Lipinski definition) is 0. The Hall–Kier alpha value is -1.96. The van der Waals surface area contributed by atoms with Crippen LogP contribution in [-0.2, 0) is 16.2 Å². The Morgan fingerprint density at radius 3 is 1.46 bits per heavy atom. The average molecular weight is 505 g/mol. The quantitative estimate of drug-likeness (QED) is 0.268. The van der Waals surface area contributed by atoms with E-state index < -0.39 is 0 Å². The van der Waals surface area contributed by atoms with Gasteiger partial charge in [0.2, 0.25) is 0 Å². The summed E-state index contributed by atoms with van der Waals surface area (Å²) in [7, 11) is 0. The number of fused-ring (bicyclic) bond motifs is 4. The van der Waals surface area contributed by atoms with Crippen LogP contribution in [0, 0.1) is 13.8 Å². The molecule has 4 rings (SSSR count). The van der Waals surface area contributed by atoms with Gasteiger partial charge in [-0.05, 0) is 95.9 Å². The van der Waals surface area contributed by atoms with Crippen LogP contribution in [0.4, 0.5) is 0 Å². The van der Waals surface area contributed by atoms with E-state index in [1.807, 2.05) is 0 Å². The van der Waals surface area contributed by atoms with Gasteiger partial charge < -0.3 is 9.47 Å². The van der Waals surface area contributed by atoms with E-state index in [0.29, 0.717) is 0 Å². The van der Waals surface area contributed by atoms with Gasteiger partial charge in [0.05, 0.1) is 13.2 Å². The van der Waals surface area contributed by atoms with Crippen molar-refractivity contribution in [3.8, 4) is 11.5 Å². The van der Waals surface area contributed by atoms with E-state index in [-0.39, 0.29) is 16.2 Å². The zero-order valence-electron chi connectivity index (χ0n) is 25.1. The van der Waals surface area contributed by atoms with Gasteiger partial charge in [0.15, 0.2) is 11.5 Å². The van der Waals surface area contributed by atoms with Gasteiger partial charge in [-0.3, -0.25) is 0 Å². The van der Waals surface area contributed by atoms with Crippen LogP contribution in [-0.4, -0.2) is 13.2 Å². The Bertz CT molecular complexity index is 1090. The molecule has 204 valence electrons. The van der Waals surface area contributed by atoms with Gasteiger partial charge in [-0.1, -0.05) is 92.2 Å². The zero-order valence-corrected chi connectivity index (χ0v) is 25.1. The third-order valence-electron chi connectivity index (χ3n) is 9.21. The van der Waals surface area contributed by atoms with Gasteiger partial charge in [0.1, 0.15) is 0 Å². The van der Waals surface area contributed by atoms with Crippen molar-refractivity contribution >= 4 is 0 Å². The Kier molecular flexibility index (Phi) is 8.37. The first-order valence-electron chi connectivity index (χ1n) is 15.1. The van der Waals surface area contributed by atoms with Crippen molar-refractivity contribution in [2.75, 3.05) is 13.2 Å². The molecule has 1 spiro atoms. The molecule has 0 aromatic heterocycles. The fourth-order valence-electron chi connectivity index (χ4n) is 7.22. The fraction of sp³-hybridized carbons (Fsp3) is 0.657. The van der Waals surface area contributed by atoms with Crippen molar-refractivity contribution in [1.82, 2.24) is 0 Å². The van der Waals surface area contributed by atoms with Gasteiger partial charge in [-0.2, -0.15) is 0 Å². The Labute approximate surface area is 227 Å². The van der Waals surface area contributed by atoms with E-state index in [1.54, 1.807) is 5.56 Å². The van der Waals surface area contributed by atoms with Crippen LogP contribution in [0.1, 0.15) is 139 Å². The molecule has 1 unspecified atom stereocenters. The lowest BCUT2D eigenvalue weighted by atomic mass is 9.72. The molecule has 0 saturated carbocycles. The highest BCUT2D eigenvalue weighted by Crippen LogP contribution is 2.64. The van der Waals surface area contributed by atoms with Gasteiger partial charge >= 0.3 is 0 Å². The summed E-state index contributed by atoms with van der Waals surface area (Å²) in [5.74, 6) is 1.91. The Morgan fingerprint density at radius 1 is 0.568 bits per heavy atom. The van der Waals surface area contributed by atoms with E-state index in [0.717, 1.165) is 50.4 Å². The first-order chi connectivity index (χ1) is 17.6. The molecule has 2 aromatic carbocycles. The molecular weight excluding hydrogens is 452 g/mol. The van der Waals surface area contributed by atoms with E-state index in [2.05, 4.69) is 79.7 Å². The summed E-state index contributed by atoms with van der Waals surface area (Å²) in [5, 5.41) is 0. The summed E-state index contributed by atoms with van der Waals surface area (Å²) >= 11 is 0.